The van der Waals surface area contributed by atoms with Gasteiger partial charge in [0.2, 0.25) is 0 Å². The van der Waals surface area contributed by atoms with Crippen LogP contribution in [0.4, 0.5) is 0 Å². The van der Waals surface area contributed by atoms with Crippen molar-refractivity contribution in [2.75, 3.05) is 0 Å². The summed E-state index contributed by atoms with van der Waals surface area (Å²) in [7, 11) is 0. The highest BCUT2D eigenvalue weighted by molar-refractivity contribution is 5.25. The highest BCUT2D eigenvalue weighted by Gasteiger charge is 2.58. The van der Waals surface area contributed by atoms with Crippen LogP contribution >= 0.6 is 0 Å². The number of aliphatic hydroxyl groups excluding tert-OH is 1. The van der Waals surface area contributed by atoms with Gasteiger partial charge in [-0.1, -0.05) is 65.0 Å². The Morgan fingerprint density at radius 2 is 1.82 bits per heavy atom. The lowest BCUT2D eigenvalue weighted by Gasteiger charge is -2.58. The van der Waals surface area contributed by atoms with Crippen LogP contribution in [0.3, 0.4) is 0 Å². The van der Waals surface area contributed by atoms with Crippen LogP contribution in [0.1, 0.15) is 111 Å². The molecule has 0 aromatic rings. The fraction of sp³-hybridized carbons (Fsp3) is 0.926. The van der Waals surface area contributed by atoms with Gasteiger partial charge in [-0.25, -0.2) is 0 Å². The van der Waals surface area contributed by atoms with E-state index in [1.807, 2.05) is 0 Å². The van der Waals surface area contributed by atoms with Crippen LogP contribution in [0.5, 0.6) is 0 Å². The second-order valence-electron chi connectivity index (χ2n) is 11.6. The molecule has 0 aromatic heterocycles. The monoisotopic (exact) mass is 386 g/mol. The second-order valence-corrected chi connectivity index (χ2v) is 11.6. The zero-order valence-electron chi connectivity index (χ0n) is 19.2. The van der Waals surface area contributed by atoms with Crippen LogP contribution in [0.2, 0.25) is 0 Å². The molecule has 160 valence electrons. The maximum Gasteiger partial charge on any atom is 0.0577 e. The van der Waals surface area contributed by atoms with E-state index in [1.54, 1.807) is 5.57 Å². The third-order valence-corrected chi connectivity index (χ3v) is 10.6. The molecule has 0 saturated heterocycles. The minimum atomic E-state index is -0.0735. The molecule has 0 spiro atoms. The fourth-order valence-corrected chi connectivity index (χ4v) is 8.57. The smallest absolute Gasteiger partial charge is 0.0577 e. The average molecular weight is 387 g/mol. The fourth-order valence-electron chi connectivity index (χ4n) is 8.57. The van der Waals surface area contributed by atoms with Crippen LogP contribution < -0.4 is 0 Å². The van der Waals surface area contributed by atoms with Gasteiger partial charge in [-0.05, 0) is 98.2 Å². The lowest BCUT2D eigenvalue weighted by Crippen LogP contribution is -2.50. The Hall–Kier alpha value is -0.300. The quantitative estimate of drug-likeness (QED) is 0.468. The summed E-state index contributed by atoms with van der Waals surface area (Å²) >= 11 is 0. The minimum absolute atomic E-state index is 0.0735. The van der Waals surface area contributed by atoms with Gasteiger partial charge < -0.3 is 5.11 Å². The van der Waals surface area contributed by atoms with Gasteiger partial charge in [0.25, 0.3) is 0 Å². The molecule has 1 N–H and O–H groups in total. The summed E-state index contributed by atoms with van der Waals surface area (Å²) in [5, 5.41) is 10.2. The lowest BCUT2D eigenvalue weighted by molar-refractivity contribution is -0.0509. The Kier molecular flexibility index (Phi) is 6.05. The van der Waals surface area contributed by atoms with E-state index < -0.39 is 0 Å². The Labute approximate surface area is 174 Å². The van der Waals surface area contributed by atoms with Crippen molar-refractivity contribution in [1.29, 1.82) is 0 Å². The first kappa shape index (κ1) is 21.0. The lowest BCUT2D eigenvalue weighted by atomic mass is 9.47. The SMILES string of the molecule is CCC(CC)CCCC1CCC2C3CC=C4CC(O)CCC4(C)C3CCC12C. The molecule has 0 aromatic carbocycles. The molecule has 4 aliphatic rings. The molecule has 3 fully saturated rings. The first-order chi connectivity index (χ1) is 13.4. The highest BCUT2D eigenvalue weighted by Crippen LogP contribution is 2.66. The summed E-state index contributed by atoms with van der Waals surface area (Å²) in [4.78, 5) is 0. The van der Waals surface area contributed by atoms with Gasteiger partial charge in [-0.15, -0.1) is 0 Å². The van der Waals surface area contributed by atoms with Gasteiger partial charge in [0.1, 0.15) is 0 Å². The summed E-state index contributed by atoms with van der Waals surface area (Å²) in [6.07, 6.45) is 20.1. The predicted octanol–water partition coefficient (Wildman–Crippen LogP) is 7.53. The third kappa shape index (κ3) is 3.42. The predicted molar refractivity (Wildman–Crippen MR) is 119 cm³/mol. The Bertz CT molecular complexity index is 575. The maximum absolute atomic E-state index is 10.2. The van der Waals surface area contributed by atoms with Crippen LogP contribution in [-0.2, 0) is 0 Å². The summed E-state index contributed by atoms with van der Waals surface area (Å²) in [5.74, 6) is 4.72. The molecule has 0 aliphatic heterocycles. The van der Waals surface area contributed by atoms with E-state index in [-0.39, 0.29) is 6.10 Å². The van der Waals surface area contributed by atoms with Gasteiger partial charge in [-0.3, -0.25) is 0 Å². The standard InChI is InChI=1S/C27H46O/c1-5-19(6-2)8-7-9-20-11-13-24-23-12-10-21-18-22(28)14-16-27(21,4)25(23)15-17-26(20,24)3/h10,19-20,22-25,28H,5-9,11-18H2,1-4H3. The number of rotatable bonds is 6. The molecule has 0 bridgehead atoms. The topological polar surface area (TPSA) is 20.2 Å². The second kappa shape index (κ2) is 8.09. The number of aliphatic hydroxyl groups is 1. The van der Waals surface area contributed by atoms with Crippen molar-refractivity contribution in [3.05, 3.63) is 11.6 Å². The summed E-state index contributed by atoms with van der Waals surface area (Å²) in [5.41, 5.74) is 2.64. The molecule has 7 atom stereocenters. The molecular weight excluding hydrogens is 340 g/mol. The number of allylic oxidation sites excluding steroid dienone is 1. The van der Waals surface area contributed by atoms with Crippen molar-refractivity contribution in [1.82, 2.24) is 0 Å². The zero-order valence-corrected chi connectivity index (χ0v) is 19.2. The Morgan fingerprint density at radius 3 is 2.57 bits per heavy atom. The largest absolute Gasteiger partial charge is 0.393 e. The van der Waals surface area contributed by atoms with Gasteiger partial charge in [0.05, 0.1) is 6.10 Å². The first-order valence-electron chi connectivity index (χ1n) is 12.8. The molecule has 1 nitrogen and oxygen atoms in total. The van der Waals surface area contributed by atoms with Crippen molar-refractivity contribution in [3.8, 4) is 0 Å². The molecule has 0 heterocycles. The minimum Gasteiger partial charge on any atom is -0.393 e. The highest BCUT2D eigenvalue weighted by atomic mass is 16.3. The Balaban J connectivity index is 1.45. The summed E-state index contributed by atoms with van der Waals surface area (Å²) < 4.78 is 0. The maximum atomic E-state index is 10.2. The van der Waals surface area contributed by atoms with E-state index in [9.17, 15) is 5.11 Å². The van der Waals surface area contributed by atoms with Crippen LogP contribution in [0.15, 0.2) is 11.6 Å². The molecule has 7 unspecified atom stereocenters. The molecule has 0 amide bonds. The van der Waals surface area contributed by atoms with Crippen LogP contribution in [0.25, 0.3) is 0 Å². The molecule has 0 radical (unpaired) electrons. The molecule has 28 heavy (non-hydrogen) atoms. The molecule has 3 saturated carbocycles. The molecular formula is C27H46O. The van der Waals surface area contributed by atoms with Crippen LogP contribution in [0, 0.1) is 40.4 Å². The molecule has 4 rings (SSSR count). The van der Waals surface area contributed by atoms with Gasteiger partial charge in [0, 0.05) is 0 Å². The number of hydrogen-bond donors (Lipinski definition) is 1. The van der Waals surface area contributed by atoms with E-state index in [2.05, 4.69) is 33.8 Å². The molecule has 1 heteroatoms. The Morgan fingerprint density at radius 1 is 1.04 bits per heavy atom. The van der Waals surface area contributed by atoms with Gasteiger partial charge in [0.15, 0.2) is 0 Å². The van der Waals surface area contributed by atoms with Gasteiger partial charge in [-0.2, -0.15) is 0 Å². The normalized spacial score (nSPS) is 45.4. The van der Waals surface area contributed by atoms with E-state index in [0.29, 0.717) is 10.8 Å². The van der Waals surface area contributed by atoms with Crippen molar-refractivity contribution >= 4 is 0 Å². The van der Waals surface area contributed by atoms with Crippen LogP contribution in [-0.4, -0.2) is 11.2 Å². The van der Waals surface area contributed by atoms with E-state index in [0.717, 1.165) is 42.4 Å². The summed E-state index contributed by atoms with van der Waals surface area (Å²) in [6.45, 7) is 10.00. The average Bonchev–Trinajstić information content (AvgIpc) is 3.02. The number of fused-ring (bicyclic) bond motifs is 5. The zero-order chi connectivity index (χ0) is 19.9. The van der Waals surface area contributed by atoms with Crippen molar-refractivity contribution in [2.24, 2.45) is 40.4 Å². The van der Waals surface area contributed by atoms with E-state index >= 15 is 0 Å². The van der Waals surface area contributed by atoms with E-state index in [1.165, 1.54) is 70.6 Å². The first-order valence-corrected chi connectivity index (χ1v) is 12.8. The third-order valence-electron chi connectivity index (χ3n) is 10.6. The van der Waals surface area contributed by atoms with Crippen molar-refractivity contribution < 1.29 is 5.11 Å². The van der Waals surface area contributed by atoms with Gasteiger partial charge >= 0.3 is 0 Å². The van der Waals surface area contributed by atoms with Crippen molar-refractivity contribution in [3.63, 3.8) is 0 Å². The van der Waals surface area contributed by atoms with Crippen molar-refractivity contribution in [2.45, 2.75) is 117 Å². The number of hydrogen-bond acceptors (Lipinski definition) is 1. The molecule has 4 aliphatic carbocycles. The van der Waals surface area contributed by atoms with E-state index in [4.69, 9.17) is 0 Å². The summed E-state index contributed by atoms with van der Waals surface area (Å²) in [6, 6.07) is 0.